The number of benzene rings is 1. The van der Waals surface area contributed by atoms with Crippen LogP contribution in [-0.4, -0.2) is 30.6 Å². The summed E-state index contributed by atoms with van der Waals surface area (Å²) in [7, 11) is 1.57. The van der Waals surface area contributed by atoms with E-state index < -0.39 is 11.8 Å². The number of Topliss-reactive ketones (excluding diaryl/α,β-unsaturated/α-hetero) is 1. The molecule has 1 heterocycles. The maximum atomic E-state index is 11.3. The molecule has 0 saturated carbocycles. The van der Waals surface area contributed by atoms with Gasteiger partial charge in [-0.15, -0.1) is 0 Å². The summed E-state index contributed by atoms with van der Waals surface area (Å²) < 4.78 is 9.54. The van der Waals surface area contributed by atoms with Crippen LogP contribution in [0.4, 0.5) is 0 Å². The van der Waals surface area contributed by atoms with Crippen molar-refractivity contribution in [3.63, 3.8) is 0 Å². The summed E-state index contributed by atoms with van der Waals surface area (Å²) in [4.78, 5) is 22.5. The van der Waals surface area contributed by atoms with E-state index in [0.717, 1.165) is 5.56 Å². The zero-order valence-electron chi connectivity index (χ0n) is 10.3. The number of esters is 1. The summed E-state index contributed by atoms with van der Waals surface area (Å²) in [6, 6.07) is 7.09. The summed E-state index contributed by atoms with van der Waals surface area (Å²) >= 11 is 0. The van der Waals surface area contributed by atoms with E-state index >= 15 is 0 Å². The number of ketones is 1. The number of cyclic esters (lactones) is 1. The number of aliphatic hydroxyl groups is 1. The normalized spacial score (nSPS) is 17.7. The van der Waals surface area contributed by atoms with Crippen molar-refractivity contribution in [2.24, 2.45) is 0 Å². The number of hydrogen-bond donors (Lipinski definition) is 1. The van der Waals surface area contributed by atoms with Crippen molar-refractivity contribution >= 4 is 17.8 Å². The van der Waals surface area contributed by atoms with Gasteiger partial charge < -0.3 is 14.6 Å². The number of methoxy groups -OCH3 is 1. The molecular formula is C14H12O5. The predicted molar refractivity (Wildman–Crippen MR) is 67.6 cm³/mol. The minimum Gasteiger partial charge on any atom is -0.507 e. The first-order valence-electron chi connectivity index (χ1n) is 5.57. The largest absolute Gasteiger partial charge is 0.507 e. The molecule has 1 N–H and O–H groups in total. The molecule has 1 aliphatic heterocycles. The molecule has 2 rings (SSSR count). The molecule has 0 radical (unpaired) electrons. The topological polar surface area (TPSA) is 72.8 Å². The van der Waals surface area contributed by atoms with Gasteiger partial charge in [-0.05, 0) is 23.8 Å². The van der Waals surface area contributed by atoms with Gasteiger partial charge in [0.25, 0.3) is 0 Å². The highest BCUT2D eigenvalue weighted by molar-refractivity contribution is 6.22. The molecule has 1 saturated heterocycles. The van der Waals surface area contributed by atoms with Crippen molar-refractivity contribution in [1.82, 2.24) is 0 Å². The lowest BCUT2D eigenvalue weighted by Crippen LogP contribution is -2.04. The van der Waals surface area contributed by atoms with E-state index in [2.05, 4.69) is 4.74 Å². The molecule has 5 heteroatoms. The third kappa shape index (κ3) is 2.82. The zero-order chi connectivity index (χ0) is 13.8. The van der Waals surface area contributed by atoms with Gasteiger partial charge in [0.15, 0.2) is 6.61 Å². The second-order valence-corrected chi connectivity index (χ2v) is 3.87. The molecule has 1 aliphatic rings. The minimum absolute atomic E-state index is 0.301. The summed E-state index contributed by atoms with van der Waals surface area (Å²) in [5.74, 6) is -0.971. The fourth-order valence-corrected chi connectivity index (χ4v) is 1.61. The van der Waals surface area contributed by atoms with E-state index in [1.54, 1.807) is 37.5 Å². The van der Waals surface area contributed by atoms with E-state index in [9.17, 15) is 14.7 Å². The number of hydrogen-bond acceptors (Lipinski definition) is 5. The van der Waals surface area contributed by atoms with Crippen molar-refractivity contribution in [1.29, 1.82) is 0 Å². The van der Waals surface area contributed by atoms with Crippen molar-refractivity contribution in [2.75, 3.05) is 13.7 Å². The molecule has 0 atom stereocenters. The number of aliphatic hydroxyl groups excluding tert-OH is 1. The standard InChI is InChI=1S/C14H12O5/c1-18-10-5-2-9(3-6-10)4-7-11(15)13-12(16)8-19-14(13)17/h2-7,15H,8H2,1H3. The molecule has 0 aliphatic carbocycles. The smallest absolute Gasteiger partial charge is 0.346 e. The number of rotatable bonds is 3. The quantitative estimate of drug-likeness (QED) is 0.387. The Morgan fingerprint density at radius 3 is 2.53 bits per heavy atom. The van der Waals surface area contributed by atoms with Crippen LogP contribution in [0.2, 0.25) is 0 Å². The number of ether oxygens (including phenoxy) is 2. The lowest BCUT2D eigenvalue weighted by atomic mass is 10.1. The van der Waals surface area contributed by atoms with E-state index in [4.69, 9.17) is 4.74 Å². The zero-order valence-corrected chi connectivity index (χ0v) is 10.3. The number of allylic oxidation sites excluding steroid dienone is 1. The highest BCUT2D eigenvalue weighted by Gasteiger charge is 2.31. The Labute approximate surface area is 109 Å². The van der Waals surface area contributed by atoms with E-state index in [1.807, 2.05) is 0 Å². The molecule has 0 unspecified atom stereocenters. The Balaban J connectivity index is 2.19. The van der Waals surface area contributed by atoms with Crippen LogP contribution in [0, 0.1) is 0 Å². The van der Waals surface area contributed by atoms with Crippen molar-refractivity contribution < 1.29 is 24.2 Å². The molecule has 1 fully saturated rings. The second kappa shape index (κ2) is 5.39. The van der Waals surface area contributed by atoms with Gasteiger partial charge >= 0.3 is 5.97 Å². The fraction of sp³-hybridized carbons (Fsp3) is 0.143. The van der Waals surface area contributed by atoms with Crippen LogP contribution in [0.5, 0.6) is 5.75 Å². The third-order valence-corrected chi connectivity index (χ3v) is 2.62. The first-order chi connectivity index (χ1) is 9.11. The van der Waals surface area contributed by atoms with Crippen molar-refractivity contribution in [3.8, 4) is 5.75 Å². The number of carbonyl (C=O) groups excluding carboxylic acids is 2. The van der Waals surface area contributed by atoms with Gasteiger partial charge in [0, 0.05) is 0 Å². The van der Waals surface area contributed by atoms with Gasteiger partial charge in [-0.2, -0.15) is 0 Å². The molecule has 1 aromatic carbocycles. The Bertz CT molecular complexity index is 548. The molecular weight excluding hydrogens is 248 g/mol. The van der Waals surface area contributed by atoms with Gasteiger partial charge in [-0.3, -0.25) is 4.79 Å². The van der Waals surface area contributed by atoms with Crippen LogP contribution in [-0.2, 0) is 14.3 Å². The highest BCUT2D eigenvalue weighted by Crippen LogP contribution is 2.16. The maximum absolute atomic E-state index is 11.3. The average molecular weight is 260 g/mol. The lowest BCUT2D eigenvalue weighted by molar-refractivity contribution is -0.135. The van der Waals surface area contributed by atoms with Crippen LogP contribution >= 0.6 is 0 Å². The van der Waals surface area contributed by atoms with Gasteiger partial charge in [-0.25, -0.2) is 4.79 Å². The first-order valence-corrected chi connectivity index (χ1v) is 5.57. The molecule has 0 aromatic heterocycles. The highest BCUT2D eigenvalue weighted by atomic mass is 16.5. The Morgan fingerprint density at radius 1 is 1.32 bits per heavy atom. The molecule has 98 valence electrons. The summed E-state index contributed by atoms with van der Waals surface area (Å²) in [6.07, 6.45) is 2.88. The van der Waals surface area contributed by atoms with Crippen molar-refractivity contribution in [3.05, 3.63) is 47.2 Å². The van der Waals surface area contributed by atoms with Gasteiger partial charge in [0.2, 0.25) is 5.78 Å². The van der Waals surface area contributed by atoms with Crippen LogP contribution in [0.15, 0.2) is 41.7 Å². The van der Waals surface area contributed by atoms with E-state index in [-0.39, 0.29) is 17.9 Å². The molecule has 0 spiro atoms. The first kappa shape index (κ1) is 12.9. The Kier molecular flexibility index (Phi) is 3.66. The monoisotopic (exact) mass is 260 g/mol. The van der Waals surface area contributed by atoms with Gasteiger partial charge in [0.05, 0.1) is 7.11 Å². The van der Waals surface area contributed by atoms with Crippen LogP contribution in [0.3, 0.4) is 0 Å². The number of carbonyl (C=O) groups is 2. The molecule has 5 nitrogen and oxygen atoms in total. The van der Waals surface area contributed by atoms with Gasteiger partial charge in [0.1, 0.15) is 17.1 Å². The third-order valence-electron chi connectivity index (χ3n) is 2.62. The van der Waals surface area contributed by atoms with Crippen LogP contribution < -0.4 is 4.74 Å². The summed E-state index contributed by atoms with van der Waals surface area (Å²) in [5, 5.41) is 9.70. The lowest BCUT2D eigenvalue weighted by Gasteiger charge is -1.99. The average Bonchev–Trinajstić information content (AvgIpc) is 2.76. The predicted octanol–water partition coefficient (Wildman–Crippen LogP) is 1.65. The maximum Gasteiger partial charge on any atom is 0.346 e. The van der Waals surface area contributed by atoms with Crippen molar-refractivity contribution in [2.45, 2.75) is 0 Å². The molecule has 19 heavy (non-hydrogen) atoms. The van der Waals surface area contributed by atoms with E-state index in [1.165, 1.54) is 6.08 Å². The molecule has 0 amide bonds. The Morgan fingerprint density at radius 2 is 2.00 bits per heavy atom. The van der Waals surface area contributed by atoms with E-state index in [0.29, 0.717) is 5.75 Å². The van der Waals surface area contributed by atoms with Crippen LogP contribution in [0.1, 0.15) is 5.56 Å². The SMILES string of the molecule is COc1ccc(C=CC(O)=C2C(=O)COC2=O)cc1. The van der Waals surface area contributed by atoms with Gasteiger partial charge in [-0.1, -0.05) is 18.2 Å². The van der Waals surface area contributed by atoms with Crippen LogP contribution in [0.25, 0.3) is 6.08 Å². The second-order valence-electron chi connectivity index (χ2n) is 3.87. The molecule has 1 aromatic rings. The Hall–Kier alpha value is -2.56. The fourth-order valence-electron chi connectivity index (χ4n) is 1.61. The summed E-state index contributed by atoms with van der Waals surface area (Å²) in [6.45, 7) is -0.311. The summed E-state index contributed by atoms with van der Waals surface area (Å²) in [5.41, 5.74) is 0.497. The minimum atomic E-state index is -0.790. The molecule has 0 bridgehead atoms.